The highest BCUT2D eigenvalue weighted by molar-refractivity contribution is 5.69. The first-order valence-corrected chi connectivity index (χ1v) is 12.6. The molecule has 0 spiro atoms. The van der Waals surface area contributed by atoms with Crippen molar-refractivity contribution in [1.82, 2.24) is 0 Å². The van der Waals surface area contributed by atoms with Crippen LogP contribution in [0.15, 0.2) is 0 Å². The van der Waals surface area contributed by atoms with Gasteiger partial charge in [-0.1, -0.05) is 117 Å². The molecule has 1 atom stereocenters. The zero-order valence-electron chi connectivity index (χ0n) is 20.1. The van der Waals surface area contributed by atoms with Crippen LogP contribution in [0.1, 0.15) is 150 Å². The minimum absolute atomic E-state index is 0.00392. The van der Waals surface area contributed by atoms with Gasteiger partial charge in [0.2, 0.25) is 0 Å². The Morgan fingerprint density at radius 2 is 1.14 bits per heavy atom. The molecule has 2 nitrogen and oxygen atoms in total. The molecule has 0 aromatic carbocycles. The first kappa shape index (κ1) is 27.5. The highest BCUT2D eigenvalue weighted by atomic mass is 16.6. The predicted octanol–water partition coefficient (Wildman–Crippen LogP) is 9.01. The molecule has 28 heavy (non-hydrogen) atoms. The third-order valence-electron chi connectivity index (χ3n) is 5.77. The fourth-order valence-corrected chi connectivity index (χ4v) is 4.18. The Morgan fingerprint density at radius 1 is 0.714 bits per heavy atom. The van der Waals surface area contributed by atoms with Crippen molar-refractivity contribution in [1.29, 1.82) is 0 Å². The van der Waals surface area contributed by atoms with Crippen molar-refractivity contribution in [2.24, 2.45) is 5.92 Å². The third-order valence-corrected chi connectivity index (χ3v) is 5.77. The lowest BCUT2D eigenvalue weighted by atomic mass is 9.91. The van der Waals surface area contributed by atoms with Gasteiger partial charge in [-0.2, -0.15) is 0 Å². The minimum atomic E-state index is -0.319. The first-order chi connectivity index (χ1) is 13.4. The van der Waals surface area contributed by atoms with E-state index in [9.17, 15) is 4.79 Å². The molecular weight excluding hydrogens is 344 g/mol. The SMILES string of the molecule is CCCCCCCCCCCCCCCC(=O)OC(C)(C)CC(C)CCCC. The number of carbonyl (C=O) groups is 1. The van der Waals surface area contributed by atoms with Crippen LogP contribution in [0.3, 0.4) is 0 Å². The summed E-state index contributed by atoms with van der Waals surface area (Å²) in [5.41, 5.74) is -0.319. The molecule has 0 saturated carbocycles. The van der Waals surface area contributed by atoms with E-state index in [0.717, 1.165) is 12.8 Å². The van der Waals surface area contributed by atoms with Gasteiger partial charge in [-0.3, -0.25) is 4.79 Å². The Balaban J connectivity index is 3.51. The monoisotopic (exact) mass is 396 g/mol. The van der Waals surface area contributed by atoms with Crippen LogP contribution in [-0.4, -0.2) is 11.6 Å². The molecule has 168 valence electrons. The molecule has 0 aliphatic carbocycles. The van der Waals surface area contributed by atoms with Crippen LogP contribution in [0.4, 0.5) is 0 Å². The van der Waals surface area contributed by atoms with Gasteiger partial charge in [0.15, 0.2) is 0 Å². The quantitative estimate of drug-likeness (QED) is 0.151. The summed E-state index contributed by atoms with van der Waals surface area (Å²) in [6.07, 6.45) is 22.6. The average Bonchev–Trinajstić information content (AvgIpc) is 2.63. The zero-order chi connectivity index (χ0) is 21.1. The minimum Gasteiger partial charge on any atom is -0.460 e. The molecule has 0 saturated heterocycles. The van der Waals surface area contributed by atoms with Crippen molar-refractivity contribution in [3.05, 3.63) is 0 Å². The van der Waals surface area contributed by atoms with E-state index < -0.39 is 0 Å². The van der Waals surface area contributed by atoms with E-state index in [2.05, 4.69) is 34.6 Å². The van der Waals surface area contributed by atoms with Crippen molar-refractivity contribution in [2.75, 3.05) is 0 Å². The standard InChI is InChI=1S/C26H52O2/c1-6-8-10-11-12-13-14-15-16-17-18-19-20-22-25(27)28-26(4,5)23-24(3)21-9-7-2/h24H,6-23H2,1-5H3. The lowest BCUT2D eigenvalue weighted by molar-refractivity contribution is -0.158. The van der Waals surface area contributed by atoms with Crippen LogP contribution in [0.25, 0.3) is 0 Å². The van der Waals surface area contributed by atoms with Crippen LogP contribution in [0.2, 0.25) is 0 Å². The van der Waals surface area contributed by atoms with Crippen molar-refractivity contribution < 1.29 is 9.53 Å². The number of esters is 1. The number of hydrogen-bond donors (Lipinski definition) is 0. The maximum atomic E-state index is 12.1. The van der Waals surface area contributed by atoms with E-state index in [1.54, 1.807) is 0 Å². The molecule has 0 heterocycles. The Hall–Kier alpha value is -0.530. The molecule has 0 aliphatic heterocycles. The highest BCUT2D eigenvalue weighted by Crippen LogP contribution is 2.25. The maximum Gasteiger partial charge on any atom is 0.306 e. The van der Waals surface area contributed by atoms with Crippen molar-refractivity contribution in [3.8, 4) is 0 Å². The summed E-state index contributed by atoms with van der Waals surface area (Å²) in [6.45, 7) is 10.9. The van der Waals surface area contributed by atoms with E-state index >= 15 is 0 Å². The highest BCUT2D eigenvalue weighted by Gasteiger charge is 2.25. The normalized spacial score (nSPS) is 12.9. The second-order valence-electron chi connectivity index (χ2n) is 9.68. The van der Waals surface area contributed by atoms with E-state index in [4.69, 9.17) is 4.74 Å². The van der Waals surface area contributed by atoms with Gasteiger partial charge in [0.25, 0.3) is 0 Å². The van der Waals surface area contributed by atoms with E-state index in [0.29, 0.717) is 12.3 Å². The summed E-state index contributed by atoms with van der Waals surface area (Å²) in [5.74, 6) is 0.620. The Kier molecular flexibility index (Phi) is 18.1. The molecule has 0 aliphatic rings. The topological polar surface area (TPSA) is 26.3 Å². The second kappa shape index (κ2) is 18.5. The number of rotatable bonds is 20. The molecule has 0 amide bonds. The van der Waals surface area contributed by atoms with Gasteiger partial charge in [0, 0.05) is 6.42 Å². The van der Waals surface area contributed by atoms with Crippen molar-refractivity contribution >= 4 is 5.97 Å². The summed E-state index contributed by atoms with van der Waals surface area (Å²) in [6, 6.07) is 0. The molecule has 2 heteroatoms. The average molecular weight is 397 g/mol. The van der Waals surface area contributed by atoms with Gasteiger partial charge in [-0.25, -0.2) is 0 Å². The van der Waals surface area contributed by atoms with Gasteiger partial charge in [0.05, 0.1) is 0 Å². The van der Waals surface area contributed by atoms with Crippen LogP contribution in [0.5, 0.6) is 0 Å². The molecule has 0 N–H and O–H groups in total. The number of carbonyl (C=O) groups excluding carboxylic acids is 1. The second-order valence-corrected chi connectivity index (χ2v) is 9.68. The molecule has 0 fully saturated rings. The van der Waals surface area contributed by atoms with Gasteiger partial charge in [-0.15, -0.1) is 0 Å². The van der Waals surface area contributed by atoms with Crippen LogP contribution < -0.4 is 0 Å². The summed E-state index contributed by atoms with van der Waals surface area (Å²) in [5, 5.41) is 0. The Bertz CT molecular complexity index is 348. The fraction of sp³-hybridized carbons (Fsp3) is 0.962. The van der Waals surface area contributed by atoms with E-state index in [-0.39, 0.29) is 11.6 Å². The largest absolute Gasteiger partial charge is 0.460 e. The van der Waals surface area contributed by atoms with Gasteiger partial charge in [0.1, 0.15) is 5.60 Å². The summed E-state index contributed by atoms with van der Waals surface area (Å²) >= 11 is 0. The molecule has 1 unspecified atom stereocenters. The molecule has 0 aromatic heterocycles. The van der Waals surface area contributed by atoms with Crippen LogP contribution >= 0.6 is 0 Å². The lowest BCUT2D eigenvalue weighted by Crippen LogP contribution is -2.30. The summed E-state index contributed by atoms with van der Waals surface area (Å²) in [7, 11) is 0. The van der Waals surface area contributed by atoms with Crippen LogP contribution in [-0.2, 0) is 9.53 Å². The van der Waals surface area contributed by atoms with Crippen molar-refractivity contribution in [2.45, 2.75) is 156 Å². The lowest BCUT2D eigenvalue weighted by Gasteiger charge is -2.28. The first-order valence-electron chi connectivity index (χ1n) is 12.6. The summed E-state index contributed by atoms with van der Waals surface area (Å²) < 4.78 is 5.76. The zero-order valence-corrected chi connectivity index (χ0v) is 20.1. The van der Waals surface area contributed by atoms with Gasteiger partial charge < -0.3 is 4.74 Å². The molecular formula is C26H52O2. The smallest absolute Gasteiger partial charge is 0.306 e. The van der Waals surface area contributed by atoms with Crippen LogP contribution in [0, 0.1) is 5.92 Å². The fourth-order valence-electron chi connectivity index (χ4n) is 4.18. The molecule has 0 radical (unpaired) electrons. The van der Waals surface area contributed by atoms with Crippen molar-refractivity contribution in [3.63, 3.8) is 0 Å². The number of hydrogen-bond acceptors (Lipinski definition) is 2. The number of unbranched alkanes of at least 4 members (excludes halogenated alkanes) is 13. The van der Waals surface area contributed by atoms with Gasteiger partial charge in [-0.05, 0) is 32.6 Å². The van der Waals surface area contributed by atoms with Gasteiger partial charge >= 0.3 is 5.97 Å². The van der Waals surface area contributed by atoms with E-state index in [1.165, 1.54) is 96.3 Å². The molecule has 0 bridgehead atoms. The van der Waals surface area contributed by atoms with E-state index in [1.807, 2.05) is 0 Å². The Morgan fingerprint density at radius 3 is 1.61 bits per heavy atom. The maximum absolute atomic E-state index is 12.1. The number of ether oxygens (including phenoxy) is 1. The summed E-state index contributed by atoms with van der Waals surface area (Å²) in [4.78, 5) is 12.1. The molecule has 0 rings (SSSR count). The predicted molar refractivity (Wildman–Crippen MR) is 124 cm³/mol. The Labute approximate surface area is 177 Å². The third kappa shape index (κ3) is 18.8. The molecule has 0 aromatic rings.